The molecule has 0 amide bonds. The lowest BCUT2D eigenvalue weighted by molar-refractivity contribution is -0.385. The van der Waals surface area contributed by atoms with Gasteiger partial charge in [-0.15, -0.1) is 0 Å². The molecule has 0 aliphatic heterocycles. The van der Waals surface area contributed by atoms with Gasteiger partial charge in [0.25, 0.3) is 5.69 Å². The number of sulfone groups is 1. The third-order valence-electron chi connectivity index (χ3n) is 3.44. The first-order valence-electron chi connectivity index (χ1n) is 6.92. The first-order valence-corrected chi connectivity index (χ1v) is 8.57. The number of rotatable bonds is 6. The molecule has 0 saturated carbocycles. The van der Waals surface area contributed by atoms with E-state index in [0.717, 1.165) is 11.6 Å². The Labute approximate surface area is 129 Å². The van der Waals surface area contributed by atoms with Crippen LogP contribution in [-0.4, -0.2) is 19.1 Å². The van der Waals surface area contributed by atoms with Crippen LogP contribution in [0.5, 0.6) is 0 Å². The maximum absolute atomic E-state index is 12.4. The summed E-state index contributed by atoms with van der Waals surface area (Å²) in [6, 6.07) is 13.6. The van der Waals surface area contributed by atoms with Crippen LogP contribution in [0.4, 0.5) is 5.69 Å². The van der Waals surface area contributed by atoms with E-state index in [1.54, 1.807) is 6.92 Å². The number of hydrogen-bond acceptors (Lipinski definition) is 4. The highest BCUT2D eigenvalue weighted by Gasteiger charge is 2.20. The van der Waals surface area contributed by atoms with Crippen LogP contribution in [0.25, 0.3) is 0 Å². The lowest BCUT2D eigenvalue weighted by Crippen LogP contribution is -2.10. The quantitative estimate of drug-likeness (QED) is 0.604. The van der Waals surface area contributed by atoms with Crippen molar-refractivity contribution < 1.29 is 13.3 Å². The molecule has 0 N–H and O–H groups in total. The summed E-state index contributed by atoms with van der Waals surface area (Å²) in [5.74, 6) is -0.0239. The number of benzene rings is 2. The molecule has 116 valence electrons. The van der Waals surface area contributed by atoms with Crippen molar-refractivity contribution in [2.24, 2.45) is 0 Å². The molecule has 0 unspecified atom stereocenters. The molecule has 0 spiro atoms. The molecule has 0 radical (unpaired) electrons. The predicted octanol–water partition coefficient (Wildman–Crippen LogP) is 3.31. The van der Waals surface area contributed by atoms with E-state index in [1.165, 1.54) is 12.1 Å². The number of hydrogen-bond donors (Lipinski definition) is 0. The molecular weight excluding hydrogens is 302 g/mol. The molecular formula is C16H17NO4S. The van der Waals surface area contributed by atoms with Gasteiger partial charge in [-0.05, 0) is 30.9 Å². The molecule has 22 heavy (non-hydrogen) atoms. The predicted molar refractivity (Wildman–Crippen MR) is 84.6 cm³/mol. The second-order valence-electron chi connectivity index (χ2n) is 5.11. The van der Waals surface area contributed by atoms with E-state index in [2.05, 4.69) is 0 Å². The van der Waals surface area contributed by atoms with Crippen LogP contribution >= 0.6 is 0 Å². The van der Waals surface area contributed by atoms with Gasteiger partial charge in [0, 0.05) is 12.1 Å². The van der Waals surface area contributed by atoms with Crippen molar-refractivity contribution in [3.8, 4) is 0 Å². The molecule has 0 aliphatic rings. The van der Waals surface area contributed by atoms with Crippen molar-refractivity contribution in [2.45, 2.75) is 24.7 Å². The molecule has 0 heterocycles. The highest BCUT2D eigenvalue weighted by Crippen LogP contribution is 2.23. The number of aryl methyl sites for hydroxylation is 2. The lowest BCUT2D eigenvalue weighted by Gasteiger charge is -2.08. The van der Waals surface area contributed by atoms with Gasteiger partial charge >= 0.3 is 0 Å². The summed E-state index contributed by atoms with van der Waals surface area (Å²) >= 11 is 0. The number of nitro groups is 1. The largest absolute Gasteiger partial charge is 0.270 e. The standard InChI is InChI=1S/C16H17NO4S/c1-13-9-10-15(17(18)19)12-16(13)22(20,21)11-5-8-14-6-3-2-4-7-14/h2-4,6-7,9-10,12H,5,8,11H2,1H3. The van der Waals surface area contributed by atoms with Gasteiger partial charge in [-0.1, -0.05) is 36.4 Å². The van der Waals surface area contributed by atoms with Gasteiger partial charge < -0.3 is 0 Å². The Balaban J connectivity index is 2.13. The Bertz CT molecular complexity index is 770. The normalized spacial score (nSPS) is 11.3. The molecule has 5 nitrogen and oxygen atoms in total. The number of nitro benzene ring substituents is 1. The van der Waals surface area contributed by atoms with E-state index in [9.17, 15) is 18.5 Å². The van der Waals surface area contributed by atoms with Crippen molar-refractivity contribution in [3.05, 3.63) is 69.8 Å². The second-order valence-corrected chi connectivity index (χ2v) is 7.19. The van der Waals surface area contributed by atoms with Crippen molar-refractivity contribution in [1.82, 2.24) is 0 Å². The van der Waals surface area contributed by atoms with Crippen molar-refractivity contribution in [1.29, 1.82) is 0 Å². The summed E-state index contributed by atoms with van der Waals surface area (Å²) in [7, 11) is -3.52. The first-order chi connectivity index (χ1) is 10.4. The molecule has 0 aliphatic carbocycles. The minimum Gasteiger partial charge on any atom is -0.258 e. The molecule has 6 heteroatoms. The zero-order chi connectivity index (χ0) is 16.2. The molecule has 0 fully saturated rings. The zero-order valence-electron chi connectivity index (χ0n) is 12.2. The van der Waals surface area contributed by atoms with Gasteiger partial charge in [0.15, 0.2) is 9.84 Å². The van der Waals surface area contributed by atoms with Crippen molar-refractivity contribution in [2.75, 3.05) is 5.75 Å². The molecule has 0 aromatic heterocycles. The summed E-state index contributed by atoms with van der Waals surface area (Å²) < 4.78 is 24.8. The molecule has 2 aromatic rings. The van der Waals surface area contributed by atoms with Crippen molar-refractivity contribution >= 4 is 15.5 Å². The van der Waals surface area contributed by atoms with E-state index < -0.39 is 14.8 Å². The minimum atomic E-state index is -3.52. The average molecular weight is 319 g/mol. The van der Waals surface area contributed by atoms with Crippen LogP contribution < -0.4 is 0 Å². The minimum absolute atomic E-state index is 0.0239. The monoisotopic (exact) mass is 319 g/mol. The van der Waals surface area contributed by atoms with Crippen LogP contribution in [0.15, 0.2) is 53.4 Å². The number of nitrogens with zero attached hydrogens (tertiary/aromatic N) is 1. The van der Waals surface area contributed by atoms with Crippen LogP contribution in [0.3, 0.4) is 0 Å². The topological polar surface area (TPSA) is 77.3 Å². The Hall–Kier alpha value is -2.21. The third-order valence-corrected chi connectivity index (χ3v) is 5.38. The first kappa shape index (κ1) is 16.2. The van der Waals surface area contributed by atoms with Gasteiger partial charge in [0.05, 0.1) is 15.6 Å². The van der Waals surface area contributed by atoms with Gasteiger partial charge in [-0.25, -0.2) is 8.42 Å². The summed E-state index contributed by atoms with van der Waals surface area (Å²) in [5.41, 5.74) is 1.41. The maximum Gasteiger partial charge on any atom is 0.270 e. The zero-order valence-corrected chi connectivity index (χ0v) is 13.0. The Morgan fingerprint density at radius 2 is 1.77 bits per heavy atom. The third kappa shape index (κ3) is 3.92. The summed E-state index contributed by atoms with van der Waals surface area (Å²) in [6.07, 6.45) is 1.14. The average Bonchev–Trinajstić information content (AvgIpc) is 2.48. The Kier molecular flexibility index (Phi) is 4.92. The van der Waals surface area contributed by atoms with Gasteiger partial charge in [0.2, 0.25) is 0 Å². The summed E-state index contributed by atoms with van der Waals surface area (Å²) in [4.78, 5) is 10.3. The van der Waals surface area contributed by atoms with E-state index >= 15 is 0 Å². The smallest absolute Gasteiger partial charge is 0.258 e. The molecule has 0 bridgehead atoms. The fraction of sp³-hybridized carbons (Fsp3) is 0.250. The molecule has 0 saturated heterocycles. The van der Waals surface area contributed by atoms with Crippen LogP contribution in [0, 0.1) is 17.0 Å². The lowest BCUT2D eigenvalue weighted by atomic mass is 10.1. The Morgan fingerprint density at radius 3 is 2.41 bits per heavy atom. The maximum atomic E-state index is 12.4. The molecule has 2 aromatic carbocycles. The van der Waals surface area contributed by atoms with Crippen LogP contribution in [0.1, 0.15) is 17.5 Å². The molecule has 2 rings (SSSR count). The second kappa shape index (κ2) is 6.70. The van der Waals surface area contributed by atoms with Gasteiger partial charge in [-0.3, -0.25) is 10.1 Å². The fourth-order valence-corrected chi connectivity index (χ4v) is 3.86. The fourth-order valence-electron chi connectivity index (χ4n) is 2.26. The van der Waals surface area contributed by atoms with Gasteiger partial charge in [-0.2, -0.15) is 0 Å². The summed E-state index contributed by atoms with van der Waals surface area (Å²) in [6.45, 7) is 1.65. The van der Waals surface area contributed by atoms with E-state index in [1.807, 2.05) is 30.3 Å². The summed E-state index contributed by atoms with van der Waals surface area (Å²) in [5, 5.41) is 10.8. The highest BCUT2D eigenvalue weighted by molar-refractivity contribution is 7.91. The molecule has 0 atom stereocenters. The van der Waals surface area contributed by atoms with Gasteiger partial charge in [0.1, 0.15) is 0 Å². The van der Waals surface area contributed by atoms with Crippen LogP contribution in [0.2, 0.25) is 0 Å². The van der Waals surface area contributed by atoms with Crippen LogP contribution in [-0.2, 0) is 16.3 Å². The van der Waals surface area contributed by atoms with Crippen molar-refractivity contribution in [3.63, 3.8) is 0 Å². The van der Waals surface area contributed by atoms with E-state index in [0.29, 0.717) is 18.4 Å². The number of non-ortho nitro benzene ring substituents is 1. The Morgan fingerprint density at radius 1 is 1.09 bits per heavy atom. The highest BCUT2D eigenvalue weighted by atomic mass is 32.2. The van der Waals surface area contributed by atoms with E-state index in [-0.39, 0.29) is 16.3 Å². The van der Waals surface area contributed by atoms with E-state index in [4.69, 9.17) is 0 Å². The SMILES string of the molecule is Cc1ccc([N+](=O)[O-])cc1S(=O)(=O)CCCc1ccccc1.